The lowest BCUT2D eigenvalue weighted by atomic mass is 10.0. The molecule has 0 amide bonds. The van der Waals surface area contributed by atoms with Crippen LogP contribution in [0.1, 0.15) is 0 Å². The molecule has 0 aliphatic carbocycles. The molecule has 4 rings (SSSR count). The van der Waals surface area contributed by atoms with Gasteiger partial charge in [0, 0.05) is 46.2 Å². The maximum atomic E-state index is 15.4. The molecule has 2 aromatic heterocycles. The van der Waals surface area contributed by atoms with E-state index in [-0.39, 0.29) is 0 Å². The highest BCUT2D eigenvalue weighted by Crippen LogP contribution is 2.36. The number of fused-ring (bicyclic) bond motifs is 1. The monoisotopic (exact) mass is 398 g/mol. The molecule has 2 aromatic carbocycles. The summed E-state index contributed by atoms with van der Waals surface area (Å²) in [7, 11) is 1.69. The van der Waals surface area contributed by atoms with Gasteiger partial charge >= 0.3 is 0 Å². The third kappa shape index (κ3) is 3.20. The second kappa shape index (κ2) is 7.10. The van der Waals surface area contributed by atoms with Crippen LogP contribution < -0.4 is 5.32 Å². The average molecular weight is 399 g/mol. The highest BCUT2D eigenvalue weighted by molar-refractivity contribution is 6.36. The number of halogens is 3. The smallest absolute Gasteiger partial charge is 0.163 e. The summed E-state index contributed by atoms with van der Waals surface area (Å²) >= 11 is 12.2. The van der Waals surface area contributed by atoms with Gasteiger partial charge in [0.2, 0.25) is 0 Å². The predicted molar refractivity (Wildman–Crippen MR) is 108 cm³/mol. The maximum Gasteiger partial charge on any atom is 0.163 e. The minimum absolute atomic E-state index is 0.300. The first kappa shape index (κ1) is 17.6. The minimum atomic E-state index is -0.446. The first-order valence-electron chi connectivity index (χ1n) is 8.12. The maximum absolute atomic E-state index is 15.4. The van der Waals surface area contributed by atoms with E-state index in [9.17, 15) is 0 Å². The van der Waals surface area contributed by atoms with Crippen molar-refractivity contribution in [3.05, 3.63) is 70.7 Å². The number of pyridine rings is 1. The number of nitrogens with zero attached hydrogens (tertiary/aromatic N) is 3. The van der Waals surface area contributed by atoms with Gasteiger partial charge in [-0.2, -0.15) is 0 Å². The van der Waals surface area contributed by atoms with Crippen molar-refractivity contribution in [3.8, 4) is 22.5 Å². The Morgan fingerprint density at radius 2 is 1.81 bits per heavy atom. The van der Waals surface area contributed by atoms with Crippen LogP contribution >= 0.6 is 23.2 Å². The Hall–Kier alpha value is -2.76. The van der Waals surface area contributed by atoms with Crippen molar-refractivity contribution in [2.75, 3.05) is 12.4 Å². The van der Waals surface area contributed by atoms with Gasteiger partial charge in [-0.1, -0.05) is 29.3 Å². The summed E-state index contributed by atoms with van der Waals surface area (Å²) in [6.45, 7) is 0. The molecule has 134 valence electrons. The molecule has 0 saturated carbocycles. The summed E-state index contributed by atoms with van der Waals surface area (Å²) in [5, 5.41) is 4.12. The van der Waals surface area contributed by atoms with E-state index < -0.39 is 5.82 Å². The van der Waals surface area contributed by atoms with Crippen molar-refractivity contribution < 1.29 is 4.39 Å². The van der Waals surface area contributed by atoms with E-state index in [4.69, 9.17) is 23.2 Å². The molecule has 0 aliphatic rings. The summed E-state index contributed by atoms with van der Waals surface area (Å²) in [4.78, 5) is 13.1. The van der Waals surface area contributed by atoms with Gasteiger partial charge in [-0.15, -0.1) is 0 Å². The van der Waals surface area contributed by atoms with E-state index in [0.29, 0.717) is 43.7 Å². The largest absolute Gasteiger partial charge is 0.372 e. The molecule has 0 radical (unpaired) electrons. The number of anilines is 1. The van der Waals surface area contributed by atoms with E-state index >= 15 is 4.39 Å². The van der Waals surface area contributed by atoms with E-state index in [1.165, 1.54) is 0 Å². The molecular weight excluding hydrogens is 386 g/mol. The van der Waals surface area contributed by atoms with E-state index in [1.54, 1.807) is 55.8 Å². The Bertz CT molecular complexity index is 1150. The fourth-order valence-corrected chi connectivity index (χ4v) is 3.42. The minimum Gasteiger partial charge on any atom is -0.372 e. The predicted octanol–water partition coefficient (Wildman–Crippen LogP) is 5.85. The summed E-state index contributed by atoms with van der Waals surface area (Å²) in [5.74, 6) is 0.415. The lowest BCUT2D eigenvalue weighted by molar-refractivity contribution is 0.643. The van der Waals surface area contributed by atoms with E-state index in [2.05, 4.69) is 20.3 Å². The van der Waals surface area contributed by atoms with Gasteiger partial charge in [-0.05, 0) is 36.4 Å². The zero-order valence-electron chi connectivity index (χ0n) is 14.2. The lowest BCUT2D eigenvalue weighted by Crippen LogP contribution is -2.01. The SMILES string of the molecule is CNc1nc(-c2cccnc2)nc2ccc(-c3ccc(Cl)cc3Cl)c(F)c12. The Balaban J connectivity index is 1.95. The number of rotatable bonds is 3. The van der Waals surface area contributed by atoms with E-state index in [0.717, 1.165) is 5.56 Å². The number of benzene rings is 2. The fraction of sp³-hybridized carbons (Fsp3) is 0.0500. The van der Waals surface area contributed by atoms with Gasteiger partial charge in [-0.25, -0.2) is 14.4 Å². The third-order valence-electron chi connectivity index (χ3n) is 4.18. The van der Waals surface area contributed by atoms with Crippen LogP contribution in [0.2, 0.25) is 10.0 Å². The zero-order valence-corrected chi connectivity index (χ0v) is 15.7. The molecule has 0 spiro atoms. The second-order valence-electron chi connectivity index (χ2n) is 5.83. The molecule has 4 nitrogen and oxygen atoms in total. The molecule has 0 aliphatic heterocycles. The Kier molecular flexibility index (Phi) is 4.64. The lowest BCUT2D eigenvalue weighted by Gasteiger charge is -2.12. The Morgan fingerprint density at radius 3 is 2.52 bits per heavy atom. The topological polar surface area (TPSA) is 50.7 Å². The van der Waals surface area contributed by atoms with Crippen LogP contribution in [0.4, 0.5) is 10.2 Å². The van der Waals surface area contributed by atoms with Crippen molar-refractivity contribution in [1.29, 1.82) is 0 Å². The summed E-state index contributed by atoms with van der Waals surface area (Å²) in [6, 6.07) is 12.0. The molecule has 0 unspecified atom stereocenters. The summed E-state index contributed by atoms with van der Waals surface area (Å²) in [6.07, 6.45) is 3.34. The molecule has 2 heterocycles. The van der Waals surface area contributed by atoms with Crippen LogP contribution in [-0.4, -0.2) is 22.0 Å². The fourth-order valence-electron chi connectivity index (χ4n) is 2.91. The van der Waals surface area contributed by atoms with Crippen LogP contribution in [0.15, 0.2) is 54.9 Å². The molecule has 1 N–H and O–H groups in total. The Labute approximate surface area is 165 Å². The molecule has 0 fully saturated rings. The van der Waals surface area contributed by atoms with Crippen molar-refractivity contribution in [1.82, 2.24) is 15.0 Å². The van der Waals surface area contributed by atoms with Gasteiger partial charge in [0.15, 0.2) is 5.82 Å². The van der Waals surface area contributed by atoms with Gasteiger partial charge in [0.05, 0.1) is 10.9 Å². The van der Waals surface area contributed by atoms with Crippen LogP contribution in [0.3, 0.4) is 0 Å². The van der Waals surface area contributed by atoms with Gasteiger partial charge in [-0.3, -0.25) is 4.98 Å². The van der Waals surface area contributed by atoms with Gasteiger partial charge in [0.1, 0.15) is 11.6 Å². The van der Waals surface area contributed by atoms with Crippen molar-refractivity contribution in [2.24, 2.45) is 0 Å². The molecule has 0 atom stereocenters. The van der Waals surface area contributed by atoms with Crippen LogP contribution in [0, 0.1) is 5.82 Å². The van der Waals surface area contributed by atoms with Gasteiger partial charge < -0.3 is 5.32 Å². The van der Waals surface area contributed by atoms with Crippen LogP contribution in [0.25, 0.3) is 33.4 Å². The van der Waals surface area contributed by atoms with Crippen LogP contribution in [0.5, 0.6) is 0 Å². The molecule has 27 heavy (non-hydrogen) atoms. The number of nitrogens with one attached hydrogen (secondary N) is 1. The highest BCUT2D eigenvalue weighted by atomic mass is 35.5. The average Bonchev–Trinajstić information content (AvgIpc) is 2.69. The third-order valence-corrected chi connectivity index (χ3v) is 4.73. The second-order valence-corrected chi connectivity index (χ2v) is 6.68. The van der Waals surface area contributed by atoms with Crippen molar-refractivity contribution in [2.45, 2.75) is 0 Å². The zero-order chi connectivity index (χ0) is 19.0. The quantitative estimate of drug-likeness (QED) is 0.470. The Morgan fingerprint density at radius 1 is 1.00 bits per heavy atom. The van der Waals surface area contributed by atoms with Crippen molar-refractivity contribution >= 4 is 39.9 Å². The summed E-state index contributed by atoms with van der Waals surface area (Å²) < 4.78 is 15.4. The van der Waals surface area contributed by atoms with E-state index in [1.807, 2.05) is 6.07 Å². The number of hydrogen-bond donors (Lipinski definition) is 1. The highest BCUT2D eigenvalue weighted by Gasteiger charge is 2.18. The standard InChI is InChI=1S/C20H13Cl2FN4/c1-24-20-17-16(26-19(27-20)11-3-2-8-25-10-11)7-6-14(18(17)23)13-5-4-12(21)9-15(13)22/h2-10H,1H3,(H,24,26,27). The number of hydrogen-bond acceptors (Lipinski definition) is 4. The normalized spacial score (nSPS) is 11.0. The molecular formula is C20H13Cl2FN4. The molecule has 0 bridgehead atoms. The first-order valence-corrected chi connectivity index (χ1v) is 8.88. The van der Waals surface area contributed by atoms with Gasteiger partial charge in [0.25, 0.3) is 0 Å². The first-order chi connectivity index (χ1) is 13.1. The van der Waals surface area contributed by atoms with Crippen LogP contribution in [-0.2, 0) is 0 Å². The van der Waals surface area contributed by atoms with Crippen molar-refractivity contribution in [3.63, 3.8) is 0 Å². The molecule has 4 aromatic rings. The summed E-state index contributed by atoms with van der Waals surface area (Å²) in [5.41, 5.74) is 2.15. The molecule has 7 heteroatoms. The molecule has 0 saturated heterocycles. The number of aromatic nitrogens is 3.